The molecule has 2 heterocycles. The van der Waals surface area contributed by atoms with Gasteiger partial charge in [0.05, 0.1) is 11.8 Å². The van der Waals surface area contributed by atoms with Crippen LogP contribution in [0.5, 0.6) is 11.6 Å². The quantitative estimate of drug-likeness (QED) is 0.900. The van der Waals surface area contributed by atoms with Gasteiger partial charge in [-0.2, -0.15) is 13.2 Å². The van der Waals surface area contributed by atoms with Gasteiger partial charge in [0.1, 0.15) is 11.3 Å². The standard InChI is InChI=1S/C12H6BrF3N2O3/c13-7-2-9(12(14,15)16)10(18-4-7)21-8-1-6(11(19)20)3-17-5-8/h1-5H,(H,19,20). The van der Waals surface area contributed by atoms with E-state index in [0.29, 0.717) is 0 Å². The largest absolute Gasteiger partial charge is 0.478 e. The first-order valence-corrected chi connectivity index (χ1v) is 6.15. The van der Waals surface area contributed by atoms with E-state index < -0.39 is 23.6 Å². The van der Waals surface area contributed by atoms with Gasteiger partial charge in [0, 0.05) is 16.9 Å². The molecule has 0 aromatic carbocycles. The molecule has 0 amide bonds. The van der Waals surface area contributed by atoms with Crippen molar-refractivity contribution in [1.82, 2.24) is 9.97 Å². The van der Waals surface area contributed by atoms with Gasteiger partial charge >= 0.3 is 12.1 Å². The van der Waals surface area contributed by atoms with Crippen molar-refractivity contribution >= 4 is 21.9 Å². The van der Waals surface area contributed by atoms with Gasteiger partial charge in [0.2, 0.25) is 5.88 Å². The maximum absolute atomic E-state index is 12.9. The summed E-state index contributed by atoms with van der Waals surface area (Å²) in [6.45, 7) is 0. The van der Waals surface area contributed by atoms with Gasteiger partial charge < -0.3 is 9.84 Å². The van der Waals surface area contributed by atoms with Gasteiger partial charge in [-0.3, -0.25) is 4.98 Å². The van der Waals surface area contributed by atoms with Crippen molar-refractivity contribution in [3.8, 4) is 11.6 Å². The van der Waals surface area contributed by atoms with Crippen LogP contribution in [-0.4, -0.2) is 21.0 Å². The zero-order chi connectivity index (χ0) is 15.6. The van der Waals surface area contributed by atoms with Crippen LogP contribution in [0.15, 0.2) is 35.2 Å². The molecule has 0 spiro atoms. The summed E-state index contributed by atoms with van der Waals surface area (Å²) in [7, 11) is 0. The van der Waals surface area contributed by atoms with Crippen LogP contribution in [0.4, 0.5) is 13.2 Å². The Morgan fingerprint density at radius 1 is 1.24 bits per heavy atom. The minimum atomic E-state index is -4.66. The molecule has 110 valence electrons. The van der Waals surface area contributed by atoms with Crippen LogP contribution < -0.4 is 4.74 Å². The number of hydrogen-bond acceptors (Lipinski definition) is 4. The average molecular weight is 363 g/mol. The third kappa shape index (κ3) is 3.69. The van der Waals surface area contributed by atoms with Crippen molar-refractivity contribution in [3.05, 3.63) is 46.3 Å². The van der Waals surface area contributed by atoms with Crippen LogP contribution in [0.1, 0.15) is 15.9 Å². The molecule has 0 bridgehead atoms. The molecule has 2 rings (SSSR count). The second-order valence-corrected chi connectivity index (χ2v) is 4.74. The molecule has 9 heteroatoms. The van der Waals surface area contributed by atoms with E-state index in [1.807, 2.05) is 0 Å². The first kappa shape index (κ1) is 15.2. The molecule has 1 N–H and O–H groups in total. The SMILES string of the molecule is O=C(O)c1cncc(Oc2ncc(Br)cc2C(F)(F)F)c1. The summed E-state index contributed by atoms with van der Waals surface area (Å²) < 4.78 is 43.8. The molecular weight excluding hydrogens is 357 g/mol. The number of pyridine rings is 2. The van der Waals surface area contributed by atoms with Gasteiger partial charge in [-0.1, -0.05) is 0 Å². The summed E-state index contributed by atoms with van der Waals surface area (Å²) in [5.41, 5.74) is -1.30. The number of hydrogen-bond donors (Lipinski definition) is 1. The molecule has 5 nitrogen and oxygen atoms in total. The number of carboxylic acids is 1. The third-order valence-corrected chi connectivity index (χ3v) is 2.73. The van der Waals surface area contributed by atoms with E-state index >= 15 is 0 Å². The van der Waals surface area contributed by atoms with Gasteiger partial charge in [0.25, 0.3) is 0 Å². The Kier molecular flexibility index (Phi) is 4.12. The van der Waals surface area contributed by atoms with E-state index in [1.54, 1.807) is 0 Å². The fourth-order valence-electron chi connectivity index (χ4n) is 1.41. The number of aromatic carboxylic acids is 1. The minimum Gasteiger partial charge on any atom is -0.478 e. The van der Waals surface area contributed by atoms with Crippen LogP contribution >= 0.6 is 15.9 Å². The Labute approximate surface area is 124 Å². The molecule has 2 aromatic rings. The molecule has 2 aromatic heterocycles. The highest BCUT2D eigenvalue weighted by molar-refractivity contribution is 9.10. The fraction of sp³-hybridized carbons (Fsp3) is 0.0833. The highest BCUT2D eigenvalue weighted by Crippen LogP contribution is 2.38. The first-order chi connectivity index (χ1) is 9.77. The number of rotatable bonds is 3. The molecule has 0 aliphatic rings. The first-order valence-electron chi connectivity index (χ1n) is 5.36. The maximum Gasteiger partial charge on any atom is 0.421 e. The molecule has 0 unspecified atom stereocenters. The van der Waals surface area contributed by atoms with E-state index in [0.717, 1.165) is 30.7 Å². The highest BCUT2D eigenvalue weighted by Gasteiger charge is 2.36. The number of aromatic nitrogens is 2. The lowest BCUT2D eigenvalue weighted by Gasteiger charge is -2.12. The predicted octanol–water partition coefficient (Wildman–Crippen LogP) is 3.75. The van der Waals surface area contributed by atoms with Crippen molar-refractivity contribution in [1.29, 1.82) is 0 Å². The number of alkyl halides is 3. The highest BCUT2D eigenvalue weighted by atomic mass is 79.9. The molecule has 0 aliphatic carbocycles. The van der Waals surface area contributed by atoms with Crippen LogP contribution in [0, 0.1) is 0 Å². The second kappa shape index (κ2) is 5.68. The van der Waals surface area contributed by atoms with E-state index in [4.69, 9.17) is 9.84 Å². The monoisotopic (exact) mass is 362 g/mol. The Bertz CT molecular complexity index is 692. The normalized spacial score (nSPS) is 11.2. The Hall–Kier alpha value is -2.16. The molecular formula is C12H6BrF3N2O3. The summed E-state index contributed by atoms with van der Waals surface area (Å²) in [6.07, 6.45) is -1.38. The lowest BCUT2D eigenvalue weighted by Crippen LogP contribution is -2.08. The molecule has 0 saturated heterocycles. The van der Waals surface area contributed by atoms with E-state index in [-0.39, 0.29) is 15.8 Å². The molecule has 0 fully saturated rings. The van der Waals surface area contributed by atoms with Crippen LogP contribution in [-0.2, 0) is 6.18 Å². The Morgan fingerprint density at radius 2 is 1.95 bits per heavy atom. The van der Waals surface area contributed by atoms with Gasteiger partial charge in [0.15, 0.2) is 0 Å². The van der Waals surface area contributed by atoms with Crippen LogP contribution in [0.3, 0.4) is 0 Å². The minimum absolute atomic E-state index is 0.139. The molecule has 0 saturated carbocycles. The van der Waals surface area contributed by atoms with Crippen LogP contribution in [0.2, 0.25) is 0 Å². The number of nitrogens with zero attached hydrogens (tertiary/aromatic N) is 2. The number of ether oxygens (including phenoxy) is 1. The molecule has 0 atom stereocenters. The van der Waals surface area contributed by atoms with Gasteiger partial charge in [-0.15, -0.1) is 0 Å². The molecule has 0 aliphatic heterocycles. The number of halogens is 4. The van der Waals surface area contributed by atoms with E-state index in [9.17, 15) is 18.0 Å². The number of carbonyl (C=O) groups is 1. The zero-order valence-electron chi connectivity index (χ0n) is 10.1. The zero-order valence-corrected chi connectivity index (χ0v) is 11.6. The van der Waals surface area contributed by atoms with Gasteiger partial charge in [-0.05, 0) is 28.1 Å². The lowest BCUT2D eigenvalue weighted by atomic mass is 10.2. The topological polar surface area (TPSA) is 72.3 Å². The van der Waals surface area contributed by atoms with Crippen molar-refractivity contribution < 1.29 is 27.8 Å². The smallest absolute Gasteiger partial charge is 0.421 e. The summed E-state index contributed by atoms with van der Waals surface area (Å²) in [5.74, 6) is -2.11. The second-order valence-electron chi connectivity index (χ2n) is 3.82. The summed E-state index contributed by atoms with van der Waals surface area (Å²) in [6, 6.07) is 1.87. The van der Waals surface area contributed by atoms with Crippen LogP contribution in [0.25, 0.3) is 0 Å². The third-order valence-electron chi connectivity index (χ3n) is 2.30. The van der Waals surface area contributed by atoms with Gasteiger partial charge in [-0.25, -0.2) is 9.78 Å². The number of carboxylic acid groups (broad SMARTS) is 1. The maximum atomic E-state index is 12.9. The van der Waals surface area contributed by atoms with E-state index in [2.05, 4.69) is 25.9 Å². The average Bonchev–Trinajstić information content (AvgIpc) is 2.40. The summed E-state index contributed by atoms with van der Waals surface area (Å²) in [5, 5.41) is 8.80. The lowest BCUT2D eigenvalue weighted by molar-refractivity contribution is -0.138. The predicted molar refractivity (Wildman–Crippen MR) is 68.2 cm³/mol. The Balaban J connectivity index is 2.40. The van der Waals surface area contributed by atoms with Crippen molar-refractivity contribution in [2.75, 3.05) is 0 Å². The van der Waals surface area contributed by atoms with Crippen molar-refractivity contribution in [3.63, 3.8) is 0 Å². The summed E-state index contributed by atoms with van der Waals surface area (Å²) in [4.78, 5) is 17.9. The molecule has 0 radical (unpaired) electrons. The Morgan fingerprint density at radius 3 is 2.57 bits per heavy atom. The molecule has 21 heavy (non-hydrogen) atoms. The van der Waals surface area contributed by atoms with Crippen molar-refractivity contribution in [2.24, 2.45) is 0 Å². The van der Waals surface area contributed by atoms with E-state index in [1.165, 1.54) is 0 Å². The summed E-state index contributed by atoms with van der Waals surface area (Å²) >= 11 is 2.90. The van der Waals surface area contributed by atoms with Crippen molar-refractivity contribution in [2.45, 2.75) is 6.18 Å². The fourth-order valence-corrected chi connectivity index (χ4v) is 1.75.